The Morgan fingerprint density at radius 2 is 1.69 bits per heavy atom. The number of nitrogens with zero attached hydrogens (tertiary/aromatic N) is 3. The van der Waals surface area contributed by atoms with Gasteiger partial charge >= 0.3 is 0 Å². The molecule has 0 fully saturated rings. The van der Waals surface area contributed by atoms with E-state index in [1.807, 2.05) is 0 Å². The number of rotatable bonds is 8. The molecule has 0 atom stereocenters. The molecule has 0 rings (SSSR count). The van der Waals surface area contributed by atoms with Gasteiger partial charge in [0.2, 0.25) is 12.2 Å². The van der Waals surface area contributed by atoms with Gasteiger partial charge in [0, 0.05) is 0 Å². The van der Waals surface area contributed by atoms with Crippen molar-refractivity contribution in [3.63, 3.8) is 0 Å². The summed E-state index contributed by atoms with van der Waals surface area (Å²) in [6.07, 6.45) is 6.28. The summed E-state index contributed by atoms with van der Waals surface area (Å²) in [6, 6.07) is 2.10. The summed E-state index contributed by atoms with van der Waals surface area (Å²) in [6.45, 7) is 2.14. The van der Waals surface area contributed by atoms with E-state index in [1.54, 1.807) is 0 Å². The van der Waals surface area contributed by atoms with Gasteiger partial charge in [-0.1, -0.05) is 26.2 Å². The normalized spacial score (nSPS) is 12.8. The Morgan fingerprint density at radius 1 is 1.12 bits per heavy atom. The largest absolute Gasteiger partial charge is 0.234 e. The molecule has 16 heavy (non-hydrogen) atoms. The number of carbonyl (C=O) groups excluding carboxylic acids is 2. The zero-order chi connectivity index (χ0) is 12.3. The summed E-state index contributed by atoms with van der Waals surface area (Å²) < 4.78 is 0. The van der Waals surface area contributed by atoms with E-state index in [9.17, 15) is 9.59 Å². The summed E-state index contributed by atoms with van der Waals surface area (Å²) >= 11 is 0. The predicted molar refractivity (Wildman–Crippen MR) is 58.2 cm³/mol. The first-order valence-electron chi connectivity index (χ1n) is 5.23. The van der Waals surface area contributed by atoms with Crippen molar-refractivity contribution < 1.29 is 9.59 Å². The molecule has 0 N–H and O–H groups in total. The van der Waals surface area contributed by atoms with Gasteiger partial charge in [-0.15, -0.1) is 0 Å². The third-order valence-electron chi connectivity index (χ3n) is 2.39. The Balaban J connectivity index is 4.59. The zero-order valence-electron chi connectivity index (χ0n) is 9.40. The van der Waals surface area contributed by atoms with E-state index in [1.165, 1.54) is 12.2 Å². The first-order valence-corrected chi connectivity index (χ1v) is 5.23. The van der Waals surface area contributed by atoms with Gasteiger partial charge in [-0.2, -0.15) is 5.26 Å². The van der Waals surface area contributed by atoms with Crippen molar-refractivity contribution in [1.29, 1.82) is 5.26 Å². The lowest BCUT2D eigenvalue weighted by atomic mass is 9.84. The van der Waals surface area contributed by atoms with Gasteiger partial charge < -0.3 is 0 Å². The van der Waals surface area contributed by atoms with Gasteiger partial charge in [-0.25, -0.2) is 19.6 Å². The van der Waals surface area contributed by atoms with Crippen molar-refractivity contribution in [3.05, 3.63) is 0 Å². The summed E-state index contributed by atoms with van der Waals surface area (Å²) in [4.78, 5) is 27.0. The van der Waals surface area contributed by atoms with Crippen LogP contribution in [0.4, 0.5) is 0 Å². The van der Waals surface area contributed by atoms with Crippen LogP contribution in [0.25, 0.3) is 0 Å². The van der Waals surface area contributed by atoms with E-state index in [0.717, 1.165) is 19.3 Å². The summed E-state index contributed by atoms with van der Waals surface area (Å²) in [5, 5.41) is 9.10. The first-order chi connectivity index (χ1) is 7.74. The first kappa shape index (κ1) is 14.2. The molecule has 0 aliphatic heterocycles. The Labute approximate surface area is 94.9 Å². The highest BCUT2D eigenvalue weighted by Crippen LogP contribution is 2.25. The van der Waals surface area contributed by atoms with Crippen LogP contribution in [0.2, 0.25) is 0 Å². The van der Waals surface area contributed by atoms with E-state index >= 15 is 0 Å². The number of hydrogen-bond acceptors (Lipinski definition) is 5. The summed E-state index contributed by atoms with van der Waals surface area (Å²) in [7, 11) is 0. The molecule has 0 saturated heterocycles. The molecular formula is C11H15N3O2. The van der Waals surface area contributed by atoms with Gasteiger partial charge in [-0.3, -0.25) is 0 Å². The molecule has 0 bridgehead atoms. The molecule has 0 amide bonds. The third kappa shape index (κ3) is 5.21. The molecule has 0 aromatic carbocycles. The van der Waals surface area contributed by atoms with Crippen LogP contribution in [-0.2, 0) is 9.59 Å². The molecule has 0 radical (unpaired) electrons. The van der Waals surface area contributed by atoms with Crippen molar-refractivity contribution in [2.24, 2.45) is 15.4 Å². The maximum Gasteiger partial charge on any atom is 0.234 e. The number of unbranched alkanes of at least 4 members (excludes halogenated alkanes) is 2. The van der Waals surface area contributed by atoms with Gasteiger partial charge in [-0.05, 0) is 6.42 Å². The standard InChI is InChI=1S/C11H15N3O2/c1-2-3-4-5-11(6-12,7-13-9-15)8-14-10-16/h2-5,7-8H2,1H3. The maximum atomic E-state index is 10.1. The highest BCUT2D eigenvalue weighted by Gasteiger charge is 2.29. The zero-order valence-corrected chi connectivity index (χ0v) is 9.40. The molecule has 0 aliphatic rings. The quantitative estimate of drug-likeness (QED) is 0.355. The SMILES string of the molecule is CCCCCC(C#N)(CN=C=O)CN=C=O. The monoisotopic (exact) mass is 221 g/mol. The second-order valence-electron chi connectivity index (χ2n) is 3.66. The van der Waals surface area contributed by atoms with Crippen molar-refractivity contribution >= 4 is 12.2 Å². The highest BCUT2D eigenvalue weighted by atomic mass is 16.1. The molecule has 0 aliphatic carbocycles. The van der Waals surface area contributed by atoms with Crippen molar-refractivity contribution in [2.45, 2.75) is 32.6 Å². The molecule has 0 aromatic rings. The minimum absolute atomic E-state index is 0.0435. The van der Waals surface area contributed by atoms with Crippen molar-refractivity contribution in [1.82, 2.24) is 0 Å². The molecule has 0 heterocycles. The maximum absolute atomic E-state index is 10.1. The van der Waals surface area contributed by atoms with Crippen molar-refractivity contribution in [2.75, 3.05) is 13.1 Å². The number of nitriles is 1. The predicted octanol–water partition coefficient (Wildman–Crippen LogP) is 1.75. The fraction of sp³-hybridized carbons (Fsp3) is 0.727. The lowest BCUT2D eigenvalue weighted by Crippen LogP contribution is -2.26. The molecule has 0 saturated carbocycles. The fourth-order valence-electron chi connectivity index (χ4n) is 1.42. The smallest absolute Gasteiger partial charge is 0.211 e. The van der Waals surface area contributed by atoms with Crippen molar-refractivity contribution in [3.8, 4) is 6.07 Å². The summed E-state index contributed by atoms with van der Waals surface area (Å²) in [5.41, 5.74) is -0.857. The molecule has 5 heteroatoms. The van der Waals surface area contributed by atoms with Gasteiger partial charge in [0.15, 0.2) is 0 Å². The average Bonchev–Trinajstić information content (AvgIpc) is 2.32. The lowest BCUT2D eigenvalue weighted by Gasteiger charge is -2.20. The van der Waals surface area contributed by atoms with E-state index in [4.69, 9.17) is 5.26 Å². The second kappa shape index (κ2) is 8.55. The van der Waals surface area contributed by atoms with Gasteiger partial charge in [0.1, 0.15) is 0 Å². The van der Waals surface area contributed by atoms with Crippen LogP contribution in [0.15, 0.2) is 9.98 Å². The topological polar surface area (TPSA) is 82.7 Å². The lowest BCUT2D eigenvalue weighted by molar-refractivity contribution is 0.369. The molecule has 86 valence electrons. The van der Waals surface area contributed by atoms with Crippen LogP contribution in [0, 0.1) is 16.7 Å². The highest BCUT2D eigenvalue weighted by molar-refractivity contribution is 5.34. The molecule has 0 spiro atoms. The Morgan fingerprint density at radius 3 is 2.06 bits per heavy atom. The Kier molecular flexibility index (Phi) is 7.61. The van der Waals surface area contributed by atoms with E-state index in [2.05, 4.69) is 23.0 Å². The Hall–Kier alpha value is -1.75. The molecule has 0 unspecified atom stereocenters. The number of isocyanates is 2. The minimum atomic E-state index is -0.857. The van der Waals surface area contributed by atoms with Gasteiger partial charge in [0.05, 0.1) is 24.6 Å². The third-order valence-corrected chi connectivity index (χ3v) is 2.39. The van der Waals surface area contributed by atoms with Crippen LogP contribution >= 0.6 is 0 Å². The molecule has 0 aromatic heterocycles. The van der Waals surface area contributed by atoms with Crippen LogP contribution < -0.4 is 0 Å². The second-order valence-corrected chi connectivity index (χ2v) is 3.66. The van der Waals surface area contributed by atoms with Crippen LogP contribution in [-0.4, -0.2) is 25.2 Å². The van der Waals surface area contributed by atoms with E-state index in [0.29, 0.717) is 6.42 Å². The van der Waals surface area contributed by atoms with Crippen LogP contribution in [0.3, 0.4) is 0 Å². The number of hydrogen-bond donors (Lipinski definition) is 0. The fourth-order valence-corrected chi connectivity index (χ4v) is 1.42. The van der Waals surface area contributed by atoms with Crippen LogP contribution in [0.5, 0.6) is 0 Å². The average molecular weight is 221 g/mol. The summed E-state index contributed by atoms with van der Waals surface area (Å²) in [5.74, 6) is 0. The molecule has 5 nitrogen and oxygen atoms in total. The van der Waals surface area contributed by atoms with E-state index in [-0.39, 0.29) is 13.1 Å². The van der Waals surface area contributed by atoms with Gasteiger partial charge in [0.25, 0.3) is 0 Å². The Bertz CT molecular complexity index is 314. The minimum Gasteiger partial charge on any atom is -0.211 e. The van der Waals surface area contributed by atoms with Crippen LogP contribution in [0.1, 0.15) is 32.6 Å². The number of aliphatic imine (C=N–C) groups is 2. The molecular weight excluding hydrogens is 206 g/mol. The van der Waals surface area contributed by atoms with E-state index < -0.39 is 5.41 Å².